The second-order valence-electron chi connectivity index (χ2n) is 0.794. The predicted octanol–water partition coefficient (Wildman–Crippen LogP) is 1.04. The molecule has 0 saturated carbocycles. The molecule has 4 heteroatoms. The Kier molecular flexibility index (Phi) is 12.5. The number of halogens is 2. The Morgan fingerprint density at radius 1 is 1.57 bits per heavy atom. The van der Waals surface area contributed by atoms with E-state index >= 15 is 0 Å². The van der Waals surface area contributed by atoms with Crippen molar-refractivity contribution in [2.75, 3.05) is 5.33 Å². The second-order valence-corrected chi connectivity index (χ2v) is 2.47. The molecule has 0 radical (unpaired) electrons. The zero-order valence-electron chi connectivity index (χ0n) is 3.08. The first-order valence-corrected chi connectivity index (χ1v) is 3.43. The second kappa shape index (κ2) is 7.63. The summed E-state index contributed by atoms with van der Waals surface area (Å²) in [5.74, 6) is 0. The van der Waals surface area contributed by atoms with Gasteiger partial charge in [-0.15, -0.1) is 0 Å². The summed E-state index contributed by atoms with van der Waals surface area (Å²) in [6.45, 7) is 0. The molecule has 0 atom stereocenters. The molecule has 0 N–H and O–H groups in total. The molecule has 1 nitrogen and oxygen atoms in total. The SMILES string of the molecule is O=C(Br)CCBr.[NaH]. The van der Waals surface area contributed by atoms with Crippen LogP contribution >= 0.6 is 31.9 Å². The Morgan fingerprint density at radius 2 is 2.00 bits per heavy atom. The van der Waals surface area contributed by atoms with Crippen molar-refractivity contribution >= 4 is 66.1 Å². The molecule has 38 valence electrons. The molecule has 0 aromatic heterocycles. The van der Waals surface area contributed by atoms with Crippen LogP contribution in [0.2, 0.25) is 0 Å². The third kappa shape index (κ3) is 11.3. The van der Waals surface area contributed by atoms with Gasteiger partial charge in [-0.1, -0.05) is 15.9 Å². The van der Waals surface area contributed by atoms with Gasteiger partial charge in [0, 0.05) is 11.8 Å². The van der Waals surface area contributed by atoms with Crippen LogP contribution in [-0.2, 0) is 4.79 Å². The molecule has 0 aromatic rings. The van der Waals surface area contributed by atoms with Crippen LogP contribution in [0.25, 0.3) is 0 Å². The van der Waals surface area contributed by atoms with Crippen LogP contribution in [0.1, 0.15) is 6.42 Å². The maximum absolute atomic E-state index is 9.93. The molecule has 0 heterocycles. The van der Waals surface area contributed by atoms with E-state index in [1.807, 2.05) is 0 Å². The van der Waals surface area contributed by atoms with Crippen LogP contribution in [-0.4, -0.2) is 39.6 Å². The summed E-state index contributed by atoms with van der Waals surface area (Å²) in [5, 5.41) is 0.747. The molecule has 0 rings (SSSR count). The standard InChI is InChI=1S/C3H4Br2O.Na.H/c4-2-1-3(5)6;;/h1-2H2;;. The zero-order chi connectivity index (χ0) is 4.99. The molecule has 0 saturated heterocycles. The van der Waals surface area contributed by atoms with Gasteiger partial charge in [-0.2, -0.15) is 0 Å². The number of alkyl halides is 1. The molecule has 0 bridgehead atoms. The quantitative estimate of drug-likeness (QED) is 0.400. The molecular formula is C3H5Br2NaO. The van der Waals surface area contributed by atoms with Crippen LogP contribution in [0, 0.1) is 0 Å². The number of carbonyl (C=O) groups excluding carboxylic acids is 1. The molecule has 7 heavy (non-hydrogen) atoms. The van der Waals surface area contributed by atoms with E-state index in [1.54, 1.807) is 0 Å². The summed E-state index contributed by atoms with van der Waals surface area (Å²) in [5.41, 5.74) is 0. The van der Waals surface area contributed by atoms with Crippen LogP contribution in [0.15, 0.2) is 0 Å². The number of hydrogen-bond donors (Lipinski definition) is 0. The van der Waals surface area contributed by atoms with E-state index in [-0.39, 0.29) is 34.2 Å². The van der Waals surface area contributed by atoms with E-state index in [1.165, 1.54) is 0 Å². The molecule has 0 unspecified atom stereocenters. The van der Waals surface area contributed by atoms with Crippen LogP contribution in [0.4, 0.5) is 0 Å². The van der Waals surface area contributed by atoms with E-state index in [0.29, 0.717) is 6.42 Å². The summed E-state index contributed by atoms with van der Waals surface area (Å²) in [6, 6.07) is 0. The van der Waals surface area contributed by atoms with Gasteiger partial charge in [-0.3, -0.25) is 4.79 Å². The third-order valence-corrected chi connectivity index (χ3v) is 1.08. The monoisotopic (exact) mass is 238 g/mol. The molecule has 0 fully saturated rings. The van der Waals surface area contributed by atoms with Crippen molar-refractivity contribution in [1.29, 1.82) is 0 Å². The van der Waals surface area contributed by atoms with Crippen molar-refractivity contribution in [3.8, 4) is 0 Å². The first kappa shape index (κ1) is 11.4. The Bertz CT molecular complexity index is 56.9. The Balaban J connectivity index is 0. The predicted molar refractivity (Wildman–Crippen MR) is 39.5 cm³/mol. The van der Waals surface area contributed by atoms with Gasteiger partial charge >= 0.3 is 29.6 Å². The van der Waals surface area contributed by atoms with Crippen molar-refractivity contribution in [1.82, 2.24) is 0 Å². The van der Waals surface area contributed by atoms with Crippen molar-refractivity contribution in [2.24, 2.45) is 0 Å². The summed E-state index contributed by atoms with van der Waals surface area (Å²) in [4.78, 5) is 9.93. The van der Waals surface area contributed by atoms with Crippen molar-refractivity contribution in [3.05, 3.63) is 0 Å². The third-order valence-electron chi connectivity index (χ3n) is 0.291. The summed E-state index contributed by atoms with van der Waals surface area (Å²) in [7, 11) is 0. The van der Waals surface area contributed by atoms with E-state index in [4.69, 9.17) is 0 Å². The summed E-state index contributed by atoms with van der Waals surface area (Å²) >= 11 is 5.86. The van der Waals surface area contributed by atoms with Gasteiger partial charge in [-0.25, -0.2) is 0 Å². The molecule has 0 amide bonds. The van der Waals surface area contributed by atoms with Crippen LogP contribution < -0.4 is 0 Å². The zero-order valence-corrected chi connectivity index (χ0v) is 6.25. The van der Waals surface area contributed by atoms with Gasteiger partial charge in [-0.05, 0) is 15.9 Å². The van der Waals surface area contributed by atoms with E-state index in [9.17, 15) is 4.79 Å². The molecule has 0 aliphatic heterocycles. The first-order valence-electron chi connectivity index (χ1n) is 1.51. The van der Waals surface area contributed by atoms with E-state index in [2.05, 4.69) is 31.9 Å². The molecule has 0 aliphatic rings. The molecule has 0 spiro atoms. The van der Waals surface area contributed by atoms with Gasteiger partial charge in [0.05, 0.1) is 0 Å². The van der Waals surface area contributed by atoms with Gasteiger partial charge in [0.25, 0.3) is 0 Å². The minimum atomic E-state index is 0. The topological polar surface area (TPSA) is 17.1 Å². The average Bonchev–Trinajstić information content (AvgIpc) is 1.35. The molecular weight excluding hydrogens is 235 g/mol. The summed E-state index contributed by atoms with van der Waals surface area (Å²) in [6.07, 6.45) is 0.569. The van der Waals surface area contributed by atoms with Crippen molar-refractivity contribution in [2.45, 2.75) is 6.42 Å². The maximum atomic E-state index is 9.93. The number of hydrogen-bond acceptors (Lipinski definition) is 1. The average molecular weight is 240 g/mol. The normalized spacial score (nSPS) is 7.14. The van der Waals surface area contributed by atoms with Crippen molar-refractivity contribution < 1.29 is 4.79 Å². The van der Waals surface area contributed by atoms with Gasteiger partial charge in [0.15, 0.2) is 4.69 Å². The molecule has 0 aliphatic carbocycles. The Labute approximate surface area is 81.8 Å². The minimum absolute atomic E-state index is 0. The fourth-order valence-corrected chi connectivity index (χ4v) is 1.16. The van der Waals surface area contributed by atoms with E-state index in [0.717, 1.165) is 5.33 Å². The Morgan fingerprint density at radius 3 is 2.00 bits per heavy atom. The fraction of sp³-hybridized carbons (Fsp3) is 0.667. The van der Waals surface area contributed by atoms with Crippen LogP contribution in [0.3, 0.4) is 0 Å². The van der Waals surface area contributed by atoms with Gasteiger partial charge in [0.2, 0.25) is 0 Å². The molecule has 0 aromatic carbocycles. The first-order chi connectivity index (χ1) is 2.77. The number of carbonyl (C=O) groups is 1. The van der Waals surface area contributed by atoms with Gasteiger partial charge < -0.3 is 0 Å². The summed E-state index contributed by atoms with van der Waals surface area (Å²) < 4.78 is 0.0550. The van der Waals surface area contributed by atoms with E-state index < -0.39 is 0 Å². The van der Waals surface area contributed by atoms with Gasteiger partial charge in [0.1, 0.15) is 0 Å². The fourth-order valence-electron chi connectivity index (χ4n) is 0.0743. The van der Waals surface area contributed by atoms with Crippen molar-refractivity contribution in [3.63, 3.8) is 0 Å². The van der Waals surface area contributed by atoms with Crippen LogP contribution in [0.5, 0.6) is 0 Å². The Hall–Kier alpha value is 1.63. The number of rotatable bonds is 2.